The largest absolute Gasteiger partial charge is 0.460 e. The molecule has 118 valence electrons. The van der Waals surface area contributed by atoms with Gasteiger partial charge in [-0.15, -0.1) is 0 Å². The lowest BCUT2D eigenvalue weighted by Gasteiger charge is -2.19. The molecule has 0 amide bonds. The van der Waals surface area contributed by atoms with Gasteiger partial charge in [0.15, 0.2) is 0 Å². The molecule has 0 spiro atoms. The molecule has 0 bridgehead atoms. The van der Waals surface area contributed by atoms with Gasteiger partial charge in [0.25, 0.3) is 0 Å². The van der Waals surface area contributed by atoms with Crippen molar-refractivity contribution in [3.8, 4) is 0 Å². The average molecular weight is 336 g/mol. The van der Waals surface area contributed by atoms with Crippen molar-refractivity contribution in [2.75, 3.05) is 13.2 Å². The quantitative estimate of drug-likeness (QED) is 0.655. The zero-order valence-electron chi connectivity index (χ0n) is 12.1. The fourth-order valence-electron chi connectivity index (χ4n) is 1.40. The van der Waals surface area contributed by atoms with E-state index in [0.717, 1.165) is 6.07 Å². The van der Waals surface area contributed by atoms with Gasteiger partial charge in [0.2, 0.25) is 10.0 Å². The van der Waals surface area contributed by atoms with Crippen LogP contribution in [0.5, 0.6) is 0 Å². The summed E-state index contributed by atoms with van der Waals surface area (Å²) in [4.78, 5) is 11.7. The van der Waals surface area contributed by atoms with Crippen molar-refractivity contribution in [3.63, 3.8) is 0 Å². The van der Waals surface area contributed by atoms with Crippen LogP contribution in [0.2, 0.25) is 5.02 Å². The standard InChI is InChI=1S/C13H18ClNO5S/c1-13(2,3)20-7-6-19-12(16)10-8-9(21(15,17)18)4-5-11(10)14/h4-5,8H,6-7H2,1-3H3,(H2,15,17,18). The minimum absolute atomic E-state index is 0.0338. The van der Waals surface area contributed by atoms with E-state index in [1.807, 2.05) is 20.8 Å². The van der Waals surface area contributed by atoms with Crippen molar-refractivity contribution in [3.05, 3.63) is 28.8 Å². The summed E-state index contributed by atoms with van der Waals surface area (Å²) in [6.07, 6.45) is 0. The first-order valence-corrected chi connectivity index (χ1v) is 8.06. The predicted molar refractivity (Wildman–Crippen MR) is 78.8 cm³/mol. The summed E-state index contributed by atoms with van der Waals surface area (Å²) in [5, 5.41) is 5.09. The molecular formula is C13H18ClNO5S. The Labute approximate surface area is 129 Å². The molecule has 8 heteroatoms. The van der Waals surface area contributed by atoms with E-state index >= 15 is 0 Å². The highest BCUT2D eigenvalue weighted by Gasteiger charge is 2.17. The van der Waals surface area contributed by atoms with E-state index in [0.29, 0.717) is 0 Å². The molecule has 1 aromatic carbocycles. The highest BCUT2D eigenvalue weighted by molar-refractivity contribution is 7.89. The van der Waals surface area contributed by atoms with Crippen LogP contribution < -0.4 is 5.14 Å². The summed E-state index contributed by atoms with van der Waals surface area (Å²) in [5.41, 5.74) is -0.392. The molecule has 0 aliphatic heterocycles. The van der Waals surface area contributed by atoms with Gasteiger partial charge in [-0.1, -0.05) is 11.6 Å². The summed E-state index contributed by atoms with van der Waals surface area (Å²) in [6.45, 7) is 5.89. The number of nitrogens with two attached hydrogens (primary N) is 1. The molecule has 0 saturated carbocycles. The molecule has 2 N–H and O–H groups in total. The van der Waals surface area contributed by atoms with Gasteiger partial charge in [-0.2, -0.15) is 0 Å². The fraction of sp³-hybridized carbons (Fsp3) is 0.462. The number of ether oxygens (including phenoxy) is 2. The van der Waals surface area contributed by atoms with Crippen LogP contribution in [0.15, 0.2) is 23.1 Å². The Hall–Kier alpha value is -1.15. The van der Waals surface area contributed by atoms with Crippen LogP contribution in [0, 0.1) is 0 Å². The number of primary sulfonamides is 1. The second-order valence-corrected chi connectivity index (χ2v) is 7.25. The second kappa shape index (κ2) is 6.74. The van der Waals surface area contributed by atoms with E-state index in [1.165, 1.54) is 12.1 Å². The van der Waals surface area contributed by atoms with E-state index in [4.69, 9.17) is 26.2 Å². The first-order valence-electron chi connectivity index (χ1n) is 6.14. The molecule has 6 nitrogen and oxygen atoms in total. The number of hydrogen-bond donors (Lipinski definition) is 1. The maximum Gasteiger partial charge on any atom is 0.339 e. The predicted octanol–water partition coefficient (Wildman–Crippen LogP) is 1.96. The molecule has 0 unspecified atom stereocenters. The van der Waals surface area contributed by atoms with Gasteiger partial charge in [-0.05, 0) is 39.0 Å². The molecule has 1 aromatic rings. The second-order valence-electron chi connectivity index (χ2n) is 5.28. The first kappa shape index (κ1) is 17.9. The number of hydrogen-bond acceptors (Lipinski definition) is 5. The first-order chi connectivity index (χ1) is 9.50. The highest BCUT2D eigenvalue weighted by atomic mass is 35.5. The van der Waals surface area contributed by atoms with Gasteiger partial charge in [-0.3, -0.25) is 0 Å². The Morgan fingerprint density at radius 3 is 2.43 bits per heavy atom. The number of carbonyl (C=O) groups is 1. The Morgan fingerprint density at radius 1 is 1.29 bits per heavy atom. The number of esters is 1. The monoisotopic (exact) mass is 335 g/mol. The topological polar surface area (TPSA) is 95.7 Å². The summed E-state index contributed by atoms with van der Waals surface area (Å²) in [5.74, 6) is -0.733. The SMILES string of the molecule is CC(C)(C)OCCOC(=O)c1cc(S(N)(=O)=O)ccc1Cl. The lowest BCUT2D eigenvalue weighted by molar-refractivity contribution is -0.0281. The van der Waals surface area contributed by atoms with E-state index < -0.39 is 16.0 Å². The Kier molecular flexibility index (Phi) is 5.75. The molecular weight excluding hydrogens is 318 g/mol. The van der Waals surface area contributed by atoms with Gasteiger partial charge in [0.05, 0.1) is 27.7 Å². The van der Waals surface area contributed by atoms with Crippen LogP contribution in [0.3, 0.4) is 0 Å². The van der Waals surface area contributed by atoms with E-state index in [2.05, 4.69) is 0 Å². The molecule has 0 aromatic heterocycles. The zero-order valence-corrected chi connectivity index (χ0v) is 13.6. The van der Waals surface area contributed by atoms with Gasteiger partial charge >= 0.3 is 5.97 Å². The molecule has 21 heavy (non-hydrogen) atoms. The molecule has 0 atom stereocenters. The highest BCUT2D eigenvalue weighted by Crippen LogP contribution is 2.20. The molecule has 0 heterocycles. The summed E-state index contributed by atoms with van der Waals surface area (Å²) in [6, 6.07) is 3.59. The molecule has 0 saturated heterocycles. The molecule has 0 radical (unpaired) electrons. The van der Waals surface area contributed by atoms with Gasteiger partial charge < -0.3 is 9.47 Å². The van der Waals surface area contributed by atoms with Crippen LogP contribution in [0.4, 0.5) is 0 Å². The van der Waals surface area contributed by atoms with Gasteiger partial charge in [0.1, 0.15) is 6.61 Å². The summed E-state index contributed by atoms with van der Waals surface area (Å²) >= 11 is 5.86. The van der Waals surface area contributed by atoms with Crippen molar-refractivity contribution >= 4 is 27.6 Å². The average Bonchev–Trinajstić information content (AvgIpc) is 2.32. The van der Waals surface area contributed by atoms with Crippen LogP contribution in [0.1, 0.15) is 31.1 Å². The summed E-state index contributed by atoms with van der Waals surface area (Å²) < 4.78 is 32.9. The Balaban J connectivity index is 2.74. The van der Waals surface area contributed by atoms with Crippen molar-refractivity contribution in [2.24, 2.45) is 5.14 Å². The van der Waals surface area contributed by atoms with Crippen LogP contribution in [-0.4, -0.2) is 33.2 Å². The third-order valence-corrected chi connectivity index (χ3v) is 3.58. The van der Waals surface area contributed by atoms with Crippen molar-refractivity contribution in [1.82, 2.24) is 0 Å². The number of carbonyl (C=O) groups excluding carboxylic acids is 1. The van der Waals surface area contributed by atoms with E-state index in [9.17, 15) is 13.2 Å². The van der Waals surface area contributed by atoms with Gasteiger partial charge in [-0.25, -0.2) is 18.4 Å². The number of rotatable bonds is 5. The maximum atomic E-state index is 11.9. The number of sulfonamides is 1. The van der Waals surface area contributed by atoms with E-state index in [-0.39, 0.29) is 34.3 Å². The van der Waals surface area contributed by atoms with E-state index in [1.54, 1.807) is 0 Å². The van der Waals surface area contributed by atoms with Gasteiger partial charge in [0, 0.05) is 0 Å². The molecule has 0 aliphatic carbocycles. The zero-order chi connectivity index (χ0) is 16.3. The van der Waals surface area contributed by atoms with Crippen molar-refractivity contribution < 1.29 is 22.7 Å². The molecule has 0 aliphatic rings. The number of benzene rings is 1. The maximum absolute atomic E-state index is 11.9. The molecule has 0 fully saturated rings. The lowest BCUT2D eigenvalue weighted by Crippen LogP contribution is -2.22. The van der Waals surface area contributed by atoms with Crippen LogP contribution in [-0.2, 0) is 19.5 Å². The minimum Gasteiger partial charge on any atom is -0.460 e. The fourth-order valence-corrected chi connectivity index (χ4v) is 2.13. The van der Waals surface area contributed by atoms with Crippen molar-refractivity contribution in [2.45, 2.75) is 31.3 Å². The van der Waals surface area contributed by atoms with Crippen LogP contribution >= 0.6 is 11.6 Å². The van der Waals surface area contributed by atoms with Crippen molar-refractivity contribution in [1.29, 1.82) is 0 Å². The minimum atomic E-state index is -3.91. The smallest absolute Gasteiger partial charge is 0.339 e. The number of halogens is 1. The Morgan fingerprint density at radius 2 is 1.90 bits per heavy atom. The Bertz CT molecular complexity index is 622. The third-order valence-electron chi connectivity index (χ3n) is 2.34. The normalized spacial score (nSPS) is 12.2. The lowest BCUT2D eigenvalue weighted by atomic mass is 10.2. The third kappa shape index (κ3) is 6.01. The van der Waals surface area contributed by atoms with Crippen LogP contribution in [0.25, 0.3) is 0 Å². The molecule has 1 rings (SSSR count). The summed E-state index contributed by atoms with van der Waals surface area (Å²) in [7, 11) is -3.91.